The zero-order valence-electron chi connectivity index (χ0n) is 20.5. The van der Waals surface area contributed by atoms with Gasteiger partial charge in [0.25, 0.3) is 0 Å². The molecule has 0 saturated heterocycles. The zero-order valence-corrected chi connectivity index (χ0v) is 21.3. The van der Waals surface area contributed by atoms with Crippen LogP contribution in [0.1, 0.15) is 22.6 Å². The van der Waals surface area contributed by atoms with Crippen molar-refractivity contribution in [2.24, 2.45) is 0 Å². The number of nitrogens with zero attached hydrogens (tertiary/aromatic N) is 4. The summed E-state index contributed by atoms with van der Waals surface area (Å²) in [7, 11) is 1.59. The van der Waals surface area contributed by atoms with Crippen LogP contribution in [0.15, 0.2) is 51.9 Å². The molecule has 0 spiro atoms. The number of ether oxygens (including phenoxy) is 2. The van der Waals surface area contributed by atoms with Crippen molar-refractivity contribution in [1.29, 1.82) is 10.5 Å². The second kappa shape index (κ2) is 11.6. The number of aliphatic hydroxyl groups excluding tert-OH is 1. The Morgan fingerprint density at radius 2 is 1.79 bits per heavy atom. The van der Waals surface area contributed by atoms with Crippen LogP contribution in [0, 0.1) is 35.4 Å². The van der Waals surface area contributed by atoms with Crippen molar-refractivity contribution in [2.45, 2.75) is 17.7 Å². The highest BCUT2D eigenvalue weighted by Crippen LogP contribution is 2.38. The van der Waals surface area contributed by atoms with Crippen LogP contribution in [-0.2, 0) is 5.75 Å². The van der Waals surface area contributed by atoms with Gasteiger partial charge in [-0.25, -0.2) is 14.4 Å². The number of aliphatic hydroxyl groups is 1. The van der Waals surface area contributed by atoms with Crippen molar-refractivity contribution < 1.29 is 23.4 Å². The Hall–Kier alpha value is -4.58. The van der Waals surface area contributed by atoms with Crippen LogP contribution in [0.5, 0.6) is 11.5 Å². The maximum Gasteiger partial charge on any atom is 0.226 e. The van der Waals surface area contributed by atoms with Crippen LogP contribution < -0.4 is 15.2 Å². The monoisotopic (exact) mass is 531 g/mol. The number of methoxy groups -OCH3 is 1. The van der Waals surface area contributed by atoms with Crippen LogP contribution >= 0.6 is 11.8 Å². The summed E-state index contributed by atoms with van der Waals surface area (Å²) in [6.07, 6.45) is 0. The van der Waals surface area contributed by atoms with Gasteiger partial charge in [0, 0.05) is 16.9 Å². The van der Waals surface area contributed by atoms with Crippen molar-refractivity contribution in [3.63, 3.8) is 0 Å². The molecule has 0 bridgehead atoms. The molecule has 0 amide bonds. The molecule has 2 aromatic carbocycles. The van der Waals surface area contributed by atoms with Crippen molar-refractivity contribution in [2.75, 3.05) is 26.1 Å². The minimum Gasteiger partial charge on any atom is -0.497 e. The molecule has 2 aromatic heterocycles. The number of nitrogen functional groups attached to an aromatic ring is 1. The molecule has 11 heteroatoms. The maximum atomic E-state index is 14.7. The Labute approximate surface area is 222 Å². The van der Waals surface area contributed by atoms with Gasteiger partial charge in [-0.1, -0.05) is 17.8 Å². The van der Waals surface area contributed by atoms with Crippen molar-refractivity contribution in [1.82, 2.24) is 9.97 Å². The number of oxazole rings is 1. The molecule has 2 heterocycles. The predicted molar refractivity (Wildman–Crippen MR) is 139 cm³/mol. The molecule has 0 aliphatic rings. The van der Waals surface area contributed by atoms with Crippen LogP contribution in [0.25, 0.3) is 22.6 Å². The normalized spacial score (nSPS) is 10.6. The third kappa shape index (κ3) is 5.39. The Bertz CT molecular complexity index is 1560. The molecule has 192 valence electrons. The first-order chi connectivity index (χ1) is 18.4. The fourth-order valence-corrected chi connectivity index (χ4v) is 4.67. The number of hydrogen-bond acceptors (Lipinski definition) is 10. The van der Waals surface area contributed by atoms with Crippen LogP contribution in [0.4, 0.5) is 10.2 Å². The van der Waals surface area contributed by atoms with Gasteiger partial charge in [-0.3, -0.25) is 0 Å². The van der Waals surface area contributed by atoms with E-state index < -0.39 is 5.82 Å². The fourth-order valence-electron chi connectivity index (χ4n) is 3.68. The molecule has 4 rings (SSSR count). The average Bonchev–Trinajstić information content (AvgIpc) is 3.30. The number of pyridine rings is 1. The lowest BCUT2D eigenvalue weighted by Gasteiger charge is -2.14. The number of aromatic nitrogens is 2. The van der Waals surface area contributed by atoms with Gasteiger partial charge in [-0.2, -0.15) is 10.5 Å². The summed E-state index contributed by atoms with van der Waals surface area (Å²) in [4.78, 5) is 8.87. The number of nitriles is 2. The second-order valence-electron chi connectivity index (χ2n) is 7.91. The highest BCUT2D eigenvalue weighted by molar-refractivity contribution is 7.98. The maximum absolute atomic E-state index is 14.7. The number of nitrogens with two attached hydrogens (primary N) is 1. The highest BCUT2D eigenvalue weighted by Gasteiger charge is 2.22. The van der Waals surface area contributed by atoms with Gasteiger partial charge in [0.2, 0.25) is 5.89 Å². The molecule has 0 unspecified atom stereocenters. The molecule has 0 atom stereocenters. The Kier molecular flexibility index (Phi) is 8.12. The lowest BCUT2D eigenvalue weighted by atomic mass is 9.96. The molecule has 0 aliphatic heterocycles. The topological polar surface area (TPSA) is 151 Å². The average molecular weight is 532 g/mol. The van der Waals surface area contributed by atoms with E-state index in [1.807, 2.05) is 30.3 Å². The largest absolute Gasteiger partial charge is 0.497 e. The Balaban J connectivity index is 1.67. The van der Waals surface area contributed by atoms with E-state index in [1.54, 1.807) is 14.0 Å². The third-order valence-corrected chi connectivity index (χ3v) is 6.55. The van der Waals surface area contributed by atoms with Gasteiger partial charge in [0.05, 0.1) is 25.0 Å². The number of hydrogen-bond donors (Lipinski definition) is 2. The van der Waals surface area contributed by atoms with Gasteiger partial charge in [0.1, 0.15) is 46.7 Å². The van der Waals surface area contributed by atoms with Crippen molar-refractivity contribution in [3.05, 3.63) is 70.9 Å². The number of halogens is 1. The van der Waals surface area contributed by atoms with E-state index in [0.717, 1.165) is 11.6 Å². The predicted octanol–water partition coefficient (Wildman–Crippen LogP) is 4.85. The molecular formula is C27H22FN5O4S. The number of anilines is 1. The number of benzene rings is 2. The summed E-state index contributed by atoms with van der Waals surface area (Å²) in [5.41, 5.74) is 8.00. The molecule has 0 saturated carbocycles. The van der Waals surface area contributed by atoms with Gasteiger partial charge in [-0.05, 0) is 48.9 Å². The first kappa shape index (κ1) is 26.5. The first-order valence-corrected chi connectivity index (χ1v) is 12.3. The fraction of sp³-hybridized carbons (Fsp3) is 0.185. The third-order valence-electron chi connectivity index (χ3n) is 5.56. The van der Waals surface area contributed by atoms with Crippen LogP contribution in [0.2, 0.25) is 0 Å². The molecule has 9 nitrogen and oxygen atoms in total. The molecule has 0 radical (unpaired) electrons. The second-order valence-corrected chi connectivity index (χ2v) is 8.87. The SMILES string of the molecule is COc1ccc(-c2nc(CSc3nc(N)c(C#N)c(-c4ccc(OCCO)c(F)c4)c3C#N)c(C)o2)cc1. The minimum absolute atomic E-state index is 0.0336. The lowest BCUT2D eigenvalue weighted by Crippen LogP contribution is -2.05. The molecular weight excluding hydrogens is 509 g/mol. The highest BCUT2D eigenvalue weighted by atomic mass is 32.2. The summed E-state index contributed by atoms with van der Waals surface area (Å²) >= 11 is 1.20. The molecule has 0 fully saturated rings. The number of thioether (sulfide) groups is 1. The zero-order chi connectivity index (χ0) is 27.2. The van der Waals surface area contributed by atoms with Crippen molar-refractivity contribution in [3.8, 4) is 46.2 Å². The van der Waals surface area contributed by atoms with Crippen molar-refractivity contribution >= 4 is 17.6 Å². The smallest absolute Gasteiger partial charge is 0.226 e. The van der Waals surface area contributed by atoms with E-state index in [-0.39, 0.29) is 52.1 Å². The van der Waals surface area contributed by atoms with Gasteiger partial charge in [-0.15, -0.1) is 0 Å². The molecule has 4 aromatic rings. The van der Waals surface area contributed by atoms with Gasteiger partial charge in [0.15, 0.2) is 11.6 Å². The summed E-state index contributed by atoms with van der Waals surface area (Å²) in [6.45, 7) is 1.44. The van der Waals surface area contributed by atoms with E-state index in [1.165, 1.54) is 23.9 Å². The van der Waals surface area contributed by atoms with Crippen LogP contribution in [-0.4, -0.2) is 35.4 Å². The minimum atomic E-state index is -0.711. The number of rotatable bonds is 9. The molecule has 38 heavy (non-hydrogen) atoms. The van der Waals surface area contributed by atoms with E-state index in [0.29, 0.717) is 28.8 Å². The standard InChI is InChI=1S/C27H22FN5O4S/c1-15-22(32-26(37-15)16-3-6-18(35-2)7-4-16)14-38-27-20(13-30)24(19(12-29)25(31)33-27)17-5-8-23(21(28)11-17)36-10-9-34/h3-8,11,34H,9-10,14H2,1-2H3,(H2,31,33). The van der Waals surface area contributed by atoms with Gasteiger partial charge < -0.3 is 24.7 Å². The summed E-state index contributed by atoms with van der Waals surface area (Å²) in [5.74, 6) is 1.20. The summed E-state index contributed by atoms with van der Waals surface area (Å²) in [6, 6.07) is 15.4. The van der Waals surface area contributed by atoms with E-state index >= 15 is 0 Å². The first-order valence-electron chi connectivity index (χ1n) is 11.3. The molecule has 3 N–H and O–H groups in total. The van der Waals surface area contributed by atoms with E-state index in [9.17, 15) is 14.9 Å². The Morgan fingerprint density at radius 1 is 1.08 bits per heavy atom. The van der Waals surface area contributed by atoms with E-state index in [4.69, 9.17) is 24.7 Å². The molecule has 0 aliphatic carbocycles. The van der Waals surface area contributed by atoms with Gasteiger partial charge >= 0.3 is 0 Å². The van der Waals surface area contributed by atoms with E-state index in [2.05, 4.69) is 16.0 Å². The Morgan fingerprint density at radius 3 is 2.42 bits per heavy atom. The summed E-state index contributed by atoms with van der Waals surface area (Å²) < 4.78 is 30.9. The lowest BCUT2D eigenvalue weighted by molar-refractivity contribution is 0.196. The quantitative estimate of drug-likeness (QED) is 0.287. The van der Waals surface area contributed by atoms with Crippen LogP contribution in [0.3, 0.4) is 0 Å². The summed E-state index contributed by atoms with van der Waals surface area (Å²) in [5, 5.41) is 28.9. The number of aryl methyl sites for hydroxylation is 1.